The van der Waals surface area contributed by atoms with Crippen molar-refractivity contribution in [1.29, 1.82) is 0 Å². The Morgan fingerprint density at radius 2 is 1.90 bits per heavy atom. The molecule has 0 bridgehead atoms. The molecule has 62 valence electrons. The average molecular weight is 170 g/mol. The fourth-order valence-corrected chi connectivity index (χ4v) is 0.830. The molecule has 10 heavy (non-hydrogen) atoms. The summed E-state index contributed by atoms with van der Waals surface area (Å²) in [5.74, 6) is 0. The molecule has 0 saturated heterocycles. The van der Waals surface area contributed by atoms with E-state index < -0.39 is 28.1 Å². The Kier molecular flexibility index (Phi) is 3.23. The lowest BCUT2D eigenvalue weighted by Gasteiger charge is -2.12. The Hall–Kier alpha value is -0.170. The van der Waals surface area contributed by atoms with Gasteiger partial charge in [-0.2, -0.15) is 8.42 Å². The molecule has 0 aromatic rings. The maximum Gasteiger partial charge on any atom is 0.270 e. The van der Waals surface area contributed by atoms with Gasteiger partial charge in [0.2, 0.25) is 0 Å². The van der Waals surface area contributed by atoms with Crippen molar-refractivity contribution in [2.45, 2.75) is 18.3 Å². The van der Waals surface area contributed by atoms with Crippen LogP contribution in [0.15, 0.2) is 0 Å². The van der Waals surface area contributed by atoms with E-state index >= 15 is 0 Å². The lowest BCUT2D eigenvalue weighted by Crippen LogP contribution is -2.33. The molecule has 0 heterocycles. The zero-order chi connectivity index (χ0) is 8.36. The minimum Gasteiger partial charge on any atom is -0.394 e. The van der Waals surface area contributed by atoms with Crippen LogP contribution in [-0.4, -0.2) is 41.1 Å². The van der Waals surface area contributed by atoms with Gasteiger partial charge >= 0.3 is 0 Å². The predicted molar refractivity (Wildman–Crippen MR) is 34.1 cm³/mol. The summed E-state index contributed by atoms with van der Waals surface area (Å²) < 4.78 is 28.7. The third kappa shape index (κ3) is 2.61. The van der Waals surface area contributed by atoms with Gasteiger partial charge < -0.3 is 10.2 Å². The van der Waals surface area contributed by atoms with Crippen molar-refractivity contribution in [1.82, 2.24) is 0 Å². The molecule has 0 aromatic heterocycles. The van der Waals surface area contributed by atoms with Gasteiger partial charge in [-0.05, 0) is 6.92 Å². The lowest BCUT2D eigenvalue weighted by atomic mass is 10.3. The lowest BCUT2D eigenvalue weighted by molar-refractivity contribution is 0.0925. The van der Waals surface area contributed by atoms with Crippen LogP contribution >= 0.6 is 0 Å². The van der Waals surface area contributed by atoms with E-state index in [1.165, 1.54) is 0 Å². The van der Waals surface area contributed by atoms with E-state index in [0.717, 1.165) is 6.92 Å². The summed E-state index contributed by atoms with van der Waals surface area (Å²) in [7, 11) is -4.22. The van der Waals surface area contributed by atoms with Crippen LogP contribution in [-0.2, 0) is 10.1 Å². The molecule has 0 radical (unpaired) electrons. The summed E-state index contributed by atoms with van der Waals surface area (Å²) in [6.07, 6.45) is -1.42. The van der Waals surface area contributed by atoms with Gasteiger partial charge in [-0.1, -0.05) is 0 Å². The Labute approximate surface area is 59.1 Å². The number of rotatable bonds is 3. The Bertz CT molecular complexity index is 184. The normalized spacial score (nSPS) is 18.4. The summed E-state index contributed by atoms with van der Waals surface area (Å²) in [5, 5.41) is 15.6. The number of hydrogen-bond donors (Lipinski definition) is 3. The van der Waals surface area contributed by atoms with Crippen molar-refractivity contribution in [2.24, 2.45) is 0 Å². The first-order valence-electron chi connectivity index (χ1n) is 2.64. The molecule has 0 saturated carbocycles. The Morgan fingerprint density at radius 1 is 1.50 bits per heavy atom. The van der Waals surface area contributed by atoms with Gasteiger partial charge in [-0.15, -0.1) is 0 Å². The first-order chi connectivity index (χ1) is 4.39. The molecule has 0 rings (SSSR count). The first kappa shape index (κ1) is 9.83. The van der Waals surface area contributed by atoms with Gasteiger partial charge in [0.25, 0.3) is 10.1 Å². The van der Waals surface area contributed by atoms with Gasteiger partial charge in [0.1, 0.15) is 5.25 Å². The van der Waals surface area contributed by atoms with Crippen LogP contribution in [0.5, 0.6) is 0 Å². The molecule has 0 amide bonds. The van der Waals surface area contributed by atoms with Crippen molar-refractivity contribution in [3.05, 3.63) is 0 Å². The standard InChI is InChI=1S/C4H10O5S/c1-3(4(6)2-5)10(7,8)9/h3-6H,2H2,1H3,(H,7,8,9). The highest BCUT2D eigenvalue weighted by Crippen LogP contribution is 2.02. The van der Waals surface area contributed by atoms with Crippen molar-refractivity contribution < 1.29 is 23.2 Å². The van der Waals surface area contributed by atoms with Crippen molar-refractivity contribution in [3.8, 4) is 0 Å². The van der Waals surface area contributed by atoms with Crippen LogP contribution in [0.4, 0.5) is 0 Å². The quantitative estimate of drug-likeness (QED) is 0.453. The largest absolute Gasteiger partial charge is 0.394 e. The number of aliphatic hydroxyl groups excluding tert-OH is 2. The molecule has 0 aliphatic heterocycles. The first-order valence-corrected chi connectivity index (χ1v) is 4.15. The van der Waals surface area contributed by atoms with Gasteiger partial charge in [0.15, 0.2) is 0 Å². The number of aliphatic hydroxyl groups is 2. The SMILES string of the molecule is CC(C(O)CO)S(=O)(=O)O. The molecule has 0 fully saturated rings. The average Bonchev–Trinajstić information content (AvgIpc) is 1.83. The van der Waals surface area contributed by atoms with Gasteiger partial charge in [0.05, 0.1) is 12.7 Å². The van der Waals surface area contributed by atoms with E-state index in [9.17, 15) is 8.42 Å². The highest BCUT2D eigenvalue weighted by Gasteiger charge is 2.24. The molecular formula is C4H10O5S. The summed E-state index contributed by atoms with van der Waals surface area (Å²) in [6.45, 7) is 0.428. The van der Waals surface area contributed by atoms with Gasteiger partial charge in [0, 0.05) is 0 Å². The second-order valence-corrected chi connectivity index (χ2v) is 3.74. The minimum atomic E-state index is -4.22. The summed E-state index contributed by atoms with van der Waals surface area (Å²) in [6, 6.07) is 0. The molecule has 0 spiro atoms. The van der Waals surface area contributed by atoms with Crippen molar-refractivity contribution in [3.63, 3.8) is 0 Å². The minimum absolute atomic E-state index is 0.680. The highest BCUT2D eigenvalue weighted by atomic mass is 32.2. The van der Waals surface area contributed by atoms with Crippen molar-refractivity contribution in [2.75, 3.05) is 6.61 Å². The third-order valence-electron chi connectivity index (χ3n) is 1.20. The summed E-state index contributed by atoms with van der Waals surface area (Å²) in [4.78, 5) is 0. The van der Waals surface area contributed by atoms with Crippen LogP contribution in [0.3, 0.4) is 0 Å². The molecular weight excluding hydrogens is 160 g/mol. The van der Waals surface area contributed by atoms with E-state index in [2.05, 4.69) is 0 Å². The fraction of sp³-hybridized carbons (Fsp3) is 1.00. The molecule has 2 unspecified atom stereocenters. The second kappa shape index (κ2) is 3.29. The van der Waals surface area contributed by atoms with E-state index in [1.807, 2.05) is 0 Å². The van der Waals surface area contributed by atoms with Crippen LogP contribution in [0.25, 0.3) is 0 Å². The number of hydrogen-bond acceptors (Lipinski definition) is 4. The Balaban J connectivity index is 4.23. The highest BCUT2D eigenvalue weighted by molar-refractivity contribution is 7.86. The smallest absolute Gasteiger partial charge is 0.270 e. The molecule has 0 aliphatic rings. The monoisotopic (exact) mass is 170 g/mol. The van der Waals surface area contributed by atoms with Crippen molar-refractivity contribution >= 4 is 10.1 Å². The van der Waals surface area contributed by atoms with Gasteiger partial charge in [-0.3, -0.25) is 4.55 Å². The fourth-order valence-electron chi connectivity index (χ4n) is 0.347. The zero-order valence-electron chi connectivity index (χ0n) is 5.43. The summed E-state index contributed by atoms with van der Waals surface area (Å²) in [5.41, 5.74) is 0. The molecule has 3 N–H and O–H groups in total. The van der Waals surface area contributed by atoms with E-state index in [1.54, 1.807) is 0 Å². The molecule has 0 aromatic carbocycles. The molecule has 0 aliphatic carbocycles. The van der Waals surface area contributed by atoms with E-state index in [0.29, 0.717) is 0 Å². The third-order valence-corrected chi connectivity index (χ3v) is 2.45. The molecule has 2 atom stereocenters. The zero-order valence-corrected chi connectivity index (χ0v) is 6.24. The van der Waals surface area contributed by atoms with E-state index in [-0.39, 0.29) is 0 Å². The van der Waals surface area contributed by atoms with Crippen LogP contribution < -0.4 is 0 Å². The molecule has 6 heteroatoms. The van der Waals surface area contributed by atoms with Gasteiger partial charge in [-0.25, -0.2) is 0 Å². The summed E-state index contributed by atoms with van der Waals surface area (Å²) >= 11 is 0. The Morgan fingerprint density at radius 3 is 2.00 bits per heavy atom. The molecule has 5 nitrogen and oxygen atoms in total. The van der Waals surface area contributed by atoms with E-state index in [4.69, 9.17) is 14.8 Å². The maximum absolute atomic E-state index is 10.2. The van der Waals surface area contributed by atoms with Crippen LogP contribution in [0, 0.1) is 0 Å². The van der Waals surface area contributed by atoms with Crippen LogP contribution in [0.2, 0.25) is 0 Å². The second-order valence-electron chi connectivity index (χ2n) is 1.97. The van der Waals surface area contributed by atoms with Crippen LogP contribution in [0.1, 0.15) is 6.92 Å². The topological polar surface area (TPSA) is 94.8 Å². The maximum atomic E-state index is 10.2. The predicted octanol–water partition coefficient (Wildman–Crippen LogP) is -1.38.